The van der Waals surface area contributed by atoms with Gasteiger partial charge in [0.1, 0.15) is 0 Å². The predicted molar refractivity (Wildman–Crippen MR) is 125 cm³/mol. The molecule has 0 aliphatic rings. The highest BCUT2D eigenvalue weighted by Crippen LogP contribution is 2.15. The van der Waals surface area contributed by atoms with Gasteiger partial charge in [-0.05, 0) is 41.6 Å². The molecular formula is C21H26IN5O. The summed E-state index contributed by atoms with van der Waals surface area (Å²) in [5, 5.41) is 7.87. The third-order valence-corrected chi connectivity index (χ3v) is 4.47. The van der Waals surface area contributed by atoms with E-state index in [0.717, 1.165) is 31.0 Å². The van der Waals surface area contributed by atoms with Gasteiger partial charge in [0.15, 0.2) is 5.96 Å². The first-order valence-electron chi connectivity index (χ1n) is 9.04. The van der Waals surface area contributed by atoms with Crippen LogP contribution in [0.1, 0.15) is 22.3 Å². The fraction of sp³-hybridized carbons (Fsp3) is 0.238. The molecule has 3 aromatic rings. The molecule has 0 atom stereocenters. The highest BCUT2D eigenvalue weighted by Gasteiger charge is 2.02. The average molecular weight is 491 g/mol. The van der Waals surface area contributed by atoms with Crippen molar-refractivity contribution in [2.45, 2.75) is 19.5 Å². The van der Waals surface area contributed by atoms with Gasteiger partial charge in [-0.1, -0.05) is 30.3 Å². The van der Waals surface area contributed by atoms with Crippen LogP contribution >= 0.6 is 24.0 Å². The van der Waals surface area contributed by atoms with Gasteiger partial charge >= 0.3 is 0 Å². The highest BCUT2D eigenvalue weighted by atomic mass is 127. The molecule has 7 heteroatoms. The standard InChI is InChI=1S/C21H25N5O.HI/c1-23-21(25-15-16-7-9-18(10-8-16)20(22)27)24-12-4-13-26-14-11-17-5-2-3-6-19(17)26;/h2-3,5-11,14H,4,12-13,15H2,1H3,(H2,22,27)(H2,23,24,25);1H. The van der Waals surface area contributed by atoms with E-state index in [4.69, 9.17) is 5.73 Å². The predicted octanol–water partition coefficient (Wildman–Crippen LogP) is 3.11. The number of para-hydroxylation sites is 1. The number of aryl methyl sites for hydroxylation is 1. The van der Waals surface area contributed by atoms with Gasteiger partial charge in [-0.2, -0.15) is 0 Å². The lowest BCUT2D eigenvalue weighted by Crippen LogP contribution is -2.37. The lowest BCUT2D eigenvalue weighted by molar-refractivity contribution is 0.100. The van der Waals surface area contributed by atoms with E-state index in [2.05, 4.69) is 56.7 Å². The number of carbonyl (C=O) groups excluding carboxylic acids is 1. The summed E-state index contributed by atoms with van der Waals surface area (Å²) in [4.78, 5) is 15.4. The van der Waals surface area contributed by atoms with Crippen LogP contribution in [0.3, 0.4) is 0 Å². The maximum atomic E-state index is 11.1. The SMILES string of the molecule is CN=C(NCCCn1ccc2ccccc21)NCc1ccc(C(N)=O)cc1.I. The number of halogens is 1. The molecule has 0 unspecified atom stereocenters. The highest BCUT2D eigenvalue weighted by molar-refractivity contribution is 14.0. The second-order valence-electron chi connectivity index (χ2n) is 6.34. The number of amides is 1. The van der Waals surface area contributed by atoms with Crippen molar-refractivity contribution in [1.29, 1.82) is 0 Å². The number of hydrogen-bond donors (Lipinski definition) is 3. The van der Waals surface area contributed by atoms with Crippen molar-refractivity contribution in [2.24, 2.45) is 10.7 Å². The lowest BCUT2D eigenvalue weighted by atomic mass is 10.1. The van der Waals surface area contributed by atoms with Crippen LogP contribution in [0.4, 0.5) is 0 Å². The van der Waals surface area contributed by atoms with E-state index in [1.807, 2.05) is 12.1 Å². The summed E-state index contributed by atoms with van der Waals surface area (Å²) in [5.41, 5.74) is 8.09. The van der Waals surface area contributed by atoms with E-state index in [9.17, 15) is 4.79 Å². The second-order valence-corrected chi connectivity index (χ2v) is 6.34. The molecule has 1 heterocycles. The van der Waals surface area contributed by atoms with Gasteiger partial charge in [-0.15, -0.1) is 24.0 Å². The number of rotatable bonds is 7. The number of nitrogens with two attached hydrogens (primary N) is 1. The van der Waals surface area contributed by atoms with E-state index >= 15 is 0 Å². The second kappa shape index (κ2) is 10.7. The smallest absolute Gasteiger partial charge is 0.248 e. The summed E-state index contributed by atoms with van der Waals surface area (Å²) >= 11 is 0. The summed E-state index contributed by atoms with van der Waals surface area (Å²) in [7, 11) is 1.75. The summed E-state index contributed by atoms with van der Waals surface area (Å²) < 4.78 is 2.27. The Labute approximate surface area is 182 Å². The fourth-order valence-corrected chi connectivity index (χ4v) is 2.99. The molecule has 0 saturated heterocycles. The van der Waals surface area contributed by atoms with Gasteiger partial charge in [0.05, 0.1) is 0 Å². The number of fused-ring (bicyclic) bond motifs is 1. The topological polar surface area (TPSA) is 84.4 Å². The Hall–Kier alpha value is -2.55. The van der Waals surface area contributed by atoms with Gasteiger partial charge in [0.2, 0.25) is 5.91 Å². The minimum absolute atomic E-state index is 0. The normalized spacial score (nSPS) is 11.1. The molecule has 28 heavy (non-hydrogen) atoms. The zero-order valence-electron chi connectivity index (χ0n) is 15.9. The van der Waals surface area contributed by atoms with Gasteiger partial charge in [0.25, 0.3) is 0 Å². The van der Waals surface area contributed by atoms with Crippen molar-refractivity contribution in [1.82, 2.24) is 15.2 Å². The van der Waals surface area contributed by atoms with E-state index in [-0.39, 0.29) is 24.0 Å². The first kappa shape index (κ1) is 21.7. The van der Waals surface area contributed by atoms with E-state index in [1.54, 1.807) is 19.2 Å². The molecule has 1 aromatic heterocycles. The van der Waals surface area contributed by atoms with Crippen LogP contribution in [0, 0.1) is 0 Å². The van der Waals surface area contributed by atoms with Gasteiger partial charge in [0, 0.05) is 44.0 Å². The molecule has 148 valence electrons. The quantitative estimate of drug-likeness (QED) is 0.206. The molecule has 0 fully saturated rings. The monoisotopic (exact) mass is 491 g/mol. The number of primary amides is 1. The molecule has 0 bridgehead atoms. The Balaban J connectivity index is 0.00000280. The van der Waals surface area contributed by atoms with E-state index < -0.39 is 5.91 Å². The molecule has 0 aliphatic heterocycles. The van der Waals surface area contributed by atoms with Crippen LogP contribution in [0.2, 0.25) is 0 Å². The molecule has 4 N–H and O–H groups in total. The van der Waals surface area contributed by atoms with Gasteiger partial charge in [-0.25, -0.2) is 0 Å². The summed E-state index contributed by atoms with van der Waals surface area (Å²) in [6, 6.07) is 17.8. The summed E-state index contributed by atoms with van der Waals surface area (Å²) in [5.74, 6) is 0.341. The number of benzene rings is 2. The summed E-state index contributed by atoms with van der Waals surface area (Å²) in [6.45, 7) is 2.40. The maximum Gasteiger partial charge on any atom is 0.248 e. The molecule has 0 spiro atoms. The first-order valence-corrected chi connectivity index (χ1v) is 9.04. The third kappa shape index (κ3) is 5.72. The Morgan fingerprint density at radius 3 is 2.54 bits per heavy atom. The molecular weight excluding hydrogens is 465 g/mol. The molecule has 6 nitrogen and oxygen atoms in total. The lowest BCUT2D eigenvalue weighted by Gasteiger charge is -2.12. The number of aliphatic imine (C=N–C) groups is 1. The first-order chi connectivity index (χ1) is 13.2. The van der Waals surface area contributed by atoms with Crippen LogP contribution in [0.5, 0.6) is 0 Å². The number of carbonyl (C=O) groups is 1. The maximum absolute atomic E-state index is 11.1. The Bertz CT molecular complexity index is 933. The fourth-order valence-electron chi connectivity index (χ4n) is 2.99. The zero-order valence-corrected chi connectivity index (χ0v) is 18.2. The minimum atomic E-state index is -0.414. The number of nitrogens with one attached hydrogen (secondary N) is 2. The molecule has 3 rings (SSSR count). The Morgan fingerprint density at radius 1 is 1.07 bits per heavy atom. The van der Waals surface area contributed by atoms with Gasteiger partial charge in [-0.3, -0.25) is 9.79 Å². The summed E-state index contributed by atoms with van der Waals surface area (Å²) in [6.07, 6.45) is 3.13. The molecule has 0 saturated carbocycles. The van der Waals surface area contributed by atoms with E-state index in [0.29, 0.717) is 12.1 Å². The van der Waals surface area contributed by atoms with Crippen molar-refractivity contribution in [3.8, 4) is 0 Å². The van der Waals surface area contributed by atoms with Crippen molar-refractivity contribution < 1.29 is 4.79 Å². The molecule has 0 radical (unpaired) electrons. The van der Waals surface area contributed by atoms with Crippen LogP contribution in [-0.2, 0) is 13.1 Å². The number of nitrogens with zero attached hydrogens (tertiary/aromatic N) is 2. The zero-order chi connectivity index (χ0) is 19.1. The molecule has 0 aliphatic carbocycles. The molecule has 2 aromatic carbocycles. The van der Waals surface area contributed by atoms with Crippen molar-refractivity contribution in [3.05, 3.63) is 71.9 Å². The van der Waals surface area contributed by atoms with Crippen LogP contribution in [0.15, 0.2) is 65.8 Å². The van der Waals surface area contributed by atoms with E-state index in [1.165, 1.54) is 10.9 Å². The van der Waals surface area contributed by atoms with Crippen molar-refractivity contribution in [3.63, 3.8) is 0 Å². The molecule has 1 amide bonds. The number of aromatic nitrogens is 1. The largest absolute Gasteiger partial charge is 0.366 e. The van der Waals surface area contributed by atoms with Crippen molar-refractivity contribution in [2.75, 3.05) is 13.6 Å². The average Bonchev–Trinajstić information content (AvgIpc) is 3.11. The third-order valence-electron chi connectivity index (χ3n) is 4.47. The van der Waals surface area contributed by atoms with Crippen LogP contribution < -0.4 is 16.4 Å². The van der Waals surface area contributed by atoms with Crippen LogP contribution in [0.25, 0.3) is 10.9 Å². The van der Waals surface area contributed by atoms with Crippen molar-refractivity contribution >= 4 is 46.7 Å². The Kier molecular flexibility index (Phi) is 8.31. The van der Waals surface area contributed by atoms with Gasteiger partial charge < -0.3 is 20.9 Å². The van der Waals surface area contributed by atoms with Crippen LogP contribution in [-0.4, -0.2) is 30.0 Å². The number of guanidine groups is 1. The minimum Gasteiger partial charge on any atom is -0.366 e. The Morgan fingerprint density at radius 2 is 1.82 bits per heavy atom. The number of hydrogen-bond acceptors (Lipinski definition) is 2.